The highest BCUT2D eigenvalue weighted by Gasteiger charge is 2.17. The summed E-state index contributed by atoms with van der Waals surface area (Å²) in [6.45, 7) is 4.33. The molecule has 4 rings (SSSR count). The van der Waals surface area contributed by atoms with E-state index < -0.39 is 0 Å². The third-order valence-corrected chi connectivity index (χ3v) is 6.32. The van der Waals surface area contributed by atoms with Crippen LogP contribution in [0.5, 0.6) is 11.5 Å². The van der Waals surface area contributed by atoms with E-state index in [-0.39, 0.29) is 5.91 Å². The minimum absolute atomic E-state index is 0.272. The largest absolute Gasteiger partial charge is 0.497 e. The van der Waals surface area contributed by atoms with Crippen molar-refractivity contribution in [3.05, 3.63) is 71.0 Å². The van der Waals surface area contributed by atoms with Crippen LogP contribution >= 0.6 is 11.3 Å². The molecule has 0 aliphatic rings. The zero-order chi connectivity index (χ0) is 22.7. The quantitative estimate of drug-likeness (QED) is 0.425. The fourth-order valence-corrected chi connectivity index (χ4v) is 4.32. The number of carbonyl (C=O) groups excluding carboxylic acids is 1. The fourth-order valence-electron chi connectivity index (χ4n) is 3.28. The minimum atomic E-state index is -0.272. The Morgan fingerprint density at radius 1 is 1.06 bits per heavy atom. The number of amides is 1. The Bertz CT molecular complexity index is 1240. The lowest BCUT2D eigenvalue weighted by atomic mass is 10.2. The Balaban J connectivity index is 1.48. The van der Waals surface area contributed by atoms with Crippen LogP contribution < -0.4 is 14.8 Å². The second-order valence-corrected chi connectivity index (χ2v) is 8.33. The molecule has 0 atom stereocenters. The summed E-state index contributed by atoms with van der Waals surface area (Å²) in [5, 5.41) is 11.0. The molecule has 2 aromatic heterocycles. The van der Waals surface area contributed by atoms with E-state index in [0.717, 1.165) is 32.4 Å². The number of hydrogen-bond acceptors (Lipinski definition) is 6. The van der Waals surface area contributed by atoms with Gasteiger partial charge in [-0.1, -0.05) is 29.8 Å². The van der Waals surface area contributed by atoms with Crippen LogP contribution in [0, 0.1) is 13.8 Å². The first-order valence-corrected chi connectivity index (χ1v) is 10.9. The SMILES string of the molecule is COc1ccc(CNC(=O)c2cc(-c3sc(-c4ccc(C)cc4)nc3C)[nH]n2)c(OC)c1. The van der Waals surface area contributed by atoms with E-state index in [1.54, 1.807) is 37.7 Å². The van der Waals surface area contributed by atoms with Crippen LogP contribution in [0.1, 0.15) is 27.3 Å². The lowest BCUT2D eigenvalue weighted by Crippen LogP contribution is -2.23. The highest BCUT2D eigenvalue weighted by atomic mass is 32.1. The molecule has 0 aliphatic carbocycles. The number of aromatic nitrogens is 3. The maximum Gasteiger partial charge on any atom is 0.272 e. The number of hydrogen-bond donors (Lipinski definition) is 2. The van der Waals surface area contributed by atoms with Crippen molar-refractivity contribution in [2.24, 2.45) is 0 Å². The minimum Gasteiger partial charge on any atom is -0.497 e. The van der Waals surface area contributed by atoms with E-state index in [1.807, 2.05) is 19.1 Å². The molecule has 0 saturated heterocycles. The number of carbonyl (C=O) groups is 1. The zero-order valence-electron chi connectivity index (χ0n) is 18.4. The fraction of sp³-hybridized carbons (Fsp3) is 0.208. The van der Waals surface area contributed by atoms with Crippen LogP contribution in [-0.4, -0.2) is 35.3 Å². The van der Waals surface area contributed by atoms with Crippen LogP contribution in [0.3, 0.4) is 0 Å². The zero-order valence-corrected chi connectivity index (χ0v) is 19.2. The molecule has 0 aliphatic heterocycles. The highest BCUT2D eigenvalue weighted by Crippen LogP contribution is 2.34. The van der Waals surface area contributed by atoms with Crippen molar-refractivity contribution in [1.29, 1.82) is 0 Å². The number of H-pyrrole nitrogens is 1. The van der Waals surface area contributed by atoms with Crippen molar-refractivity contribution in [3.63, 3.8) is 0 Å². The number of ether oxygens (including phenoxy) is 2. The molecule has 0 unspecified atom stereocenters. The number of aryl methyl sites for hydroxylation is 2. The van der Waals surface area contributed by atoms with Gasteiger partial charge in [0.05, 0.1) is 30.5 Å². The van der Waals surface area contributed by atoms with Gasteiger partial charge >= 0.3 is 0 Å². The monoisotopic (exact) mass is 448 g/mol. The molecular formula is C24H24N4O3S. The number of nitrogens with zero attached hydrogens (tertiary/aromatic N) is 2. The predicted octanol–water partition coefficient (Wildman–Crippen LogP) is 4.76. The molecule has 164 valence electrons. The number of thiazole rings is 1. The van der Waals surface area contributed by atoms with Crippen molar-refractivity contribution in [2.75, 3.05) is 14.2 Å². The first-order chi connectivity index (χ1) is 15.5. The van der Waals surface area contributed by atoms with Gasteiger partial charge in [0, 0.05) is 23.7 Å². The highest BCUT2D eigenvalue weighted by molar-refractivity contribution is 7.18. The molecule has 0 bridgehead atoms. The van der Waals surface area contributed by atoms with Gasteiger partial charge in [-0.05, 0) is 32.0 Å². The third-order valence-electron chi connectivity index (χ3n) is 5.08. The van der Waals surface area contributed by atoms with Crippen LogP contribution in [0.25, 0.3) is 21.1 Å². The van der Waals surface area contributed by atoms with E-state index in [0.29, 0.717) is 23.7 Å². The number of methoxy groups -OCH3 is 2. The summed E-state index contributed by atoms with van der Waals surface area (Å²) >= 11 is 1.57. The van der Waals surface area contributed by atoms with E-state index in [4.69, 9.17) is 14.5 Å². The van der Waals surface area contributed by atoms with Crippen LogP contribution in [-0.2, 0) is 6.54 Å². The first kappa shape index (κ1) is 21.6. The second kappa shape index (κ2) is 9.23. The van der Waals surface area contributed by atoms with Crippen molar-refractivity contribution >= 4 is 17.2 Å². The summed E-state index contributed by atoms with van der Waals surface area (Å²) in [5.41, 5.74) is 5.10. The Morgan fingerprint density at radius 2 is 1.84 bits per heavy atom. The Morgan fingerprint density at radius 3 is 2.56 bits per heavy atom. The standard InChI is InChI=1S/C24H24N4O3S/c1-14-5-7-16(8-6-14)24-26-15(2)22(32-24)19-12-20(28-27-19)23(29)25-13-17-9-10-18(30-3)11-21(17)31-4/h5-12H,13H2,1-4H3,(H,25,29)(H,27,28). The summed E-state index contributed by atoms with van der Waals surface area (Å²) in [7, 11) is 3.18. The van der Waals surface area contributed by atoms with E-state index in [9.17, 15) is 4.79 Å². The Labute approximate surface area is 190 Å². The van der Waals surface area contributed by atoms with Gasteiger partial charge in [-0.2, -0.15) is 5.10 Å². The maximum absolute atomic E-state index is 12.7. The van der Waals surface area contributed by atoms with E-state index in [1.165, 1.54) is 5.56 Å². The molecule has 7 nitrogen and oxygen atoms in total. The van der Waals surface area contributed by atoms with Crippen LogP contribution in [0.15, 0.2) is 48.5 Å². The first-order valence-electron chi connectivity index (χ1n) is 10.1. The van der Waals surface area contributed by atoms with Crippen molar-refractivity contribution in [1.82, 2.24) is 20.5 Å². The molecule has 0 fully saturated rings. The number of nitrogens with one attached hydrogen (secondary N) is 2. The van der Waals surface area contributed by atoms with Gasteiger partial charge in [0.1, 0.15) is 16.5 Å². The van der Waals surface area contributed by atoms with Crippen molar-refractivity contribution in [3.8, 4) is 32.6 Å². The van der Waals surface area contributed by atoms with E-state index in [2.05, 4.69) is 46.7 Å². The average Bonchev–Trinajstić information content (AvgIpc) is 3.44. The van der Waals surface area contributed by atoms with E-state index >= 15 is 0 Å². The Hall–Kier alpha value is -3.65. The molecule has 2 N–H and O–H groups in total. The third kappa shape index (κ3) is 4.50. The van der Waals surface area contributed by atoms with Gasteiger partial charge in [0.25, 0.3) is 5.91 Å². The summed E-state index contributed by atoms with van der Waals surface area (Å²) in [4.78, 5) is 18.3. The van der Waals surface area contributed by atoms with Gasteiger partial charge in [0.2, 0.25) is 0 Å². The molecule has 32 heavy (non-hydrogen) atoms. The average molecular weight is 449 g/mol. The van der Waals surface area contributed by atoms with Gasteiger partial charge in [-0.3, -0.25) is 9.89 Å². The molecule has 1 amide bonds. The number of benzene rings is 2. The molecule has 8 heteroatoms. The maximum atomic E-state index is 12.7. The molecule has 0 saturated carbocycles. The van der Waals surface area contributed by atoms with Gasteiger partial charge in [-0.25, -0.2) is 4.98 Å². The lowest BCUT2D eigenvalue weighted by Gasteiger charge is -2.10. The van der Waals surface area contributed by atoms with Crippen LogP contribution in [0.2, 0.25) is 0 Å². The summed E-state index contributed by atoms with van der Waals surface area (Å²) in [6, 6.07) is 15.5. The summed E-state index contributed by atoms with van der Waals surface area (Å²) < 4.78 is 10.6. The summed E-state index contributed by atoms with van der Waals surface area (Å²) in [6.07, 6.45) is 0. The van der Waals surface area contributed by atoms with Crippen LogP contribution in [0.4, 0.5) is 0 Å². The second-order valence-electron chi connectivity index (χ2n) is 7.33. The molecule has 4 aromatic rings. The molecule has 0 spiro atoms. The van der Waals surface area contributed by atoms with Gasteiger partial charge in [0.15, 0.2) is 5.69 Å². The predicted molar refractivity (Wildman–Crippen MR) is 125 cm³/mol. The topological polar surface area (TPSA) is 89.1 Å². The number of rotatable bonds is 7. The van der Waals surface area contributed by atoms with Crippen molar-refractivity contribution < 1.29 is 14.3 Å². The van der Waals surface area contributed by atoms with Gasteiger partial charge < -0.3 is 14.8 Å². The van der Waals surface area contributed by atoms with Crippen molar-refractivity contribution in [2.45, 2.75) is 20.4 Å². The molecule has 0 radical (unpaired) electrons. The molecule has 2 heterocycles. The van der Waals surface area contributed by atoms with Gasteiger partial charge in [-0.15, -0.1) is 11.3 Å². The smallest absolute Gasteiger partial charge is 0.272 e. The Kier molecular flexibility index (Phi) is 6.23. The molecule has 2 aromatic carbocycles. The number of aromatic amines is 1. The lowest BCUT2D eigenvalue weighted by molar-refractivity contribution is 0.0945. The normalized spacial score (nSPS) is 10.8. The molecular weight excluding hydrogens is 424 g/mol. The summed E-state index contributed by atoms with van der Waals surface area (Å²) in [5.74, 6) is 1.07.